The van der Waals surface area contributed by atoms with Crippen LogP contribution in [0.1, 0.15) is 34.5 Å². The Balaban J connectivity index is 1.99. The number of amides is 1. The average molecular weight is 411 g/mol. The molecular weight excluding hydrogens is 391 g/mol. The van der Waals surface area contributed by atoms with Gasteiger partial charge in [-0.2, -0.15) is 13.2 Å². The molecule has 156 valence electrons. The highest BCUT2D eigenvalue weighted by atomic mass is 19.4. The summed E-state index contributed by atoms with van der Waals surface area (Å²) < 4.78 is 53.4. The lowest BCUT2D eigenvalue weighted by atomic mass is 10.1. The molecule has 0 radical (unpaired) electrons. The van der Waals surface area contributed by atoms with Crippen LogP contribution in [0.15, 0.2) is 42.5 Å². The topological polar surface area (TPSA) is 73.9 Å². The van der Waals surface area contributed by atoms with Crippen molar-refractivity contribution < 1.29 is 37.0 Å². The highest BCUT2D eigenvalue weighted by Crippen LogP contribution is 2.30. The van der Waals surface area contributed by atoms with Gasteiger partial charge < -0.3 is 19.5 Å². The quantitative estimate of drug-likeness (QED) is 0.703. The second kappa shape index (κ2) is 9.31. The van der Waals surface area contributed by atoms with Gasteiger partial charge in [0.25, 0.3) is 5.91 Å². The molecule has 2 aromatic rings. The number of carbonyl (C=O) groups is 2. The Labute approximate surface area is 165 Å². The summed E-state index contributed by atoms with van der Waals surface area (Å²) in [5.74, 6) is -0.557. The predicted octanol–water partition coefficient (Wildman–Crippen LogP) is 3.76. The Kier molecular flexibility index (Phi) is 7.08. The third-order valence-electron chi connectivity index (χ3n) is 4.04. The largest absolute Gasteiger partial charge is 0.497 e. The van der Waals surface area contributed by atoms with Crippen molar-refractivity contribution in [2.24, 2.45) is 0 Å². The highest BCUT2D eigenvalue weighted by molar-refractivity contribution is 5.91. The number of ether oxygens (including phenoxy) is 3. The second-order valence-electron chi connectivity index (χ2n) is 6.05. The van der Waals surface area contributed by atoms with E-state index in [0.717, 1.165) is 12.1 Å². The molecule has 0 unspecified atom stereocenters. The van der Waals surface area contributed by atoms with E-state index in [1.807, 2.05) is 0 Å². The van der Waals surface area contributed by atoms with Gasteiger partial charge >= 0.3 is 12.1 Å². The van der Waals surface area contributed by atoms with Gasteiger partial charge in [0.05, 0.1) is 31.4 Å². The summed E-state index contributed by atoms with van der Waals surface area (Å²) >= 11 is 0. The minimum atomic E-state index is -4.58. The lowest BCUT2D eigenvalue weighted by Crippen LogP contribution is -2.31. The number of rotatable bonds is 7. The Morgan fingerprint density at radius 3 is 2.41 bits per heavy atom. The first-order valence-electron chi connectivity index (χ1n) is 8.51. The number of esters is 1. The molecule has 0 fully saturated rings. The van der Waals surface area contributed by atoms with Gasteiger partial charge in [0, 0.05) is 5.56 Å². The Morgan fingerprint density at radius 2 is 1.79 bits per heavy atom. The van der Waals surface area contributed by atoms with Crippen molar-refractivity contribution in [2.75, 3.05) is 20.8 Å². The summed E-state index contributed by atoms with van der Waals surface area (Å²) in [6.45, 7) is 1.05. The molecule has 1 N–H and O–H groups in total. The van der Waals surface area contributed by atoms with Crippen molar-refractivity contribution in [3.63, 3.8) is 0 Å². The number of hydrogen-bond acceptors (Lipinski definition) is 5. The fraction of sp³-hybridized carbons (Fsp3) is 0.300. The first-order chi connectivity index (χ1) is 13.7. The number of hydrogen-bond donors (Lipinski definition) is 1. The van der Waals surface area contributed by atoms with Gasteiger partial charge in [0.15, 0.2) is 6.61 Å². The summed E-state index contributed by atoms with van der Waals surface area (Å²) in [5.41, 5.74) is -0.630. The van der Waals surface area contributed by atoms with E-state index in [1.165, 1.54) is 20.3 Å². The molecular formula is C20H20F3NO5. The first kappa shape index (κ1) is 22.1. The van der Waals surface area contributed by atoms with Crippen LogP contribution in [0.25, 0.3) is 0 Å². The summed E-state index contributed by atoms with van der Waals surface area (Å²) in [6.07, 6.45) is -4.58. The average Bonchev–Trinajstić information content (AvgIpc) is 2.70. The fourth-order valence-electron chi connectivity index (χ4n) is 2.58. The van der Waals surface area contributed by atoms with Gasteiger partial charge in [0.1, 0.15) is 11.5 Å². The molecule has 0 aliphatic carbocycles. The molecule has 0 heterocycles. The minimum absolute atomic E-state index is 0.296. The van der Waals surface area contributed by atoms with Crippen LogP contribution in [0.2, 0.25) is 0 Å². The van der Waals surface area contributed by atoms with E-state index in [-0.39, 0.29) is 5.56 Å². The molecule has 1 amide bonds. The van der Waals surface area contributed by atoms with Crippen LogP contribution in [-0.2, 0) is 15.7 Å². The van der Waals surface area contributed by atoms with E-state index in [0.29, 0.717) is 23.1 Å². The number of benzene rings is 2. The van der Waals surface area contributed by atoms with Gasteiger partial charge in [-0.05, 0) is 43.3 Å². The van der Waals surface area contributed by atoms with Crippen molar-refractivity contribution in [3.05, 3.63) is 59.2 Å². The molecule has 0 saturated carbocycles. The molecule has 0 spiro atoms. The highest BCUT2D eigenvalue weighted by Gasteiger charge is 2.31. The number of methoxy groups -OCH3 is 2. The Bertz CT molecular complexity index is 883. The van der Waals surface area contributed by atoms with E-state index < -0.39 is 36.3 Å². The SMILES string of the molecule is COc1ccc(OC)c([C@@H](C)NC(=O)COC(=O)c2cccc(C(F)(F)F)c2)c1. The van der Waals surface area contributed by atoms with Crippen LogP contribution in [-0.4, -0.2) is 32.7 Å². The van der Waals surface area contributed by atoms with Gasteiger partial charge in [-0.1, -0.05) is 6.07 Å². The van der Waals surface area contributed by atoms with Crippen molar-refractivity contribution in [3.8, 4) is 11.5 Å². The molecule has 29 heavy (non-hydrogen) atoms. The lowest BCUT2D eigenvalue weighted by molar-refractivity contribution is -0.137. The van der Waals surface area contributed by atoms with Crippen LogP contribution >= 0.6 is 0 Å². The number of carbonyl (C=O) groups excluding carboxylic acids is 2. The van der Waals surface area contributed by atoms with E-state index in [2.05, 4.69) is 5.32 Å². The maximum absolute atomic E-state index is 12.7. The van der Waals surface area contributed by atoms with E-state index >= 15 is 0 Å². The second-order valence-corrected chi connectivity index (χ2v) is 6.05. The summed E-state index contributed by atoms with van der Waals surface area (Å²) in [7, 11) is 2.98. The van der Waals surface area contributed by atoms with Crippen LogP contribution in [0.5, 0.6) is 11.5 Å². The minimum Gasteiger partial charge on any atom is -0.497 e. The van der Waals surface area contributed by atoms with E-state index in [9.17, 15) is 22.8 Å². The van der Waals surface area contributed by atoms with Crippen LogP contribution in [0.3, 0.4) is 0 Å². The summed E-state index contributed by atoms with van der Waals surface area (Å²) in [4.78, 5) is 24.1. The van der Waals surface area contributed by atoms with Crippen LogP contribution in [0.4, 0.5) is 13.2 Å². The third-order valence-corrected chi connectivity index (χ3v) is 4.04. The van der Waals surface area contributed by atoms with Crippen molar-refractivity contribution in [1.82, 2.24) is 5.32 Å². The Hall–Kier alpha value is -3.23. The molecule has 0 saturated heterocycles. The molecule has 6 nitrogen and oxygen atoms in total. The normalized spacial score (nSPS) is 12.1. The van der Waals surface area contributed by atoms with E-state index in [4.69, 9.17) is 14.2 Å². The van der Waals surface area contributed by atoms with Crippen LogP contribution in [0, 0.1) is 0 Å². The first-order valence-corrected chi connectivity index (χ1v) is 8.51. The summed E-state index contributed by atoms with van der Waals surface area (Å²) in [6, 6.07) is 8.36. The van der Waals surface area contributed by atoms with Crippen molar-refractivity contribution in [1.29, 1.82) is 0 Å². The number of halogens is 3. The van der Waals surface area contributed by atoms with Crippen molar-refractivity contribution in [2.45, 2.75) is 19.1 Å². The van der Waals surface area contributed by atoms with Gasteiger partial charge in [0.2, 0.25) is 0 Å². The van der Waals surface area contributed by atoms with E-state index in [1.54, 1.807) is 25.1 Å². The zero-order chi connectivity index (χ0) is 21.6. The smallest absolute Gasteiger partial charge is 0.416 e. The molecule has 0 aliphatic rings. The molecule has 2 rings (SSSR count). The maximum atomic E-state index is 12.7. The maximum Gasteiger partial charge on any atom is 0.416 e. The molecule has 9 heteroatoms. The van der Waals surface area contributed by atoms with Crippen LogP contribution < -0.4 is 14.8 Å². The molecule has 0 bridgehead atoms. The van der Waals surface area contributed by atoms with Crippen molar-refractivity contribution >= 4 is 11.9 Å². The molecule has 0 aliphatic heterocycles. The molecule has 2 aromatic carbocycles. The number of nitrogens with one attached hydrogen (secondary N) is 1. The molecule has 1 atom stereocenters. The Morgan fingerprint density at radius 1 is 1.07 bits per heavy atom. The molecule has 0 aromatic heterocycles. The zero-order valence-corrected chi connectivity index (χ0v) is 16.0. The van der Waals surface area contributed by atoms with Gasteiger partial charge in [-0.3, -0.25) is 4.79 Å². The fourth-order valence-corrected chi connectivity index (χ4v) is 2.58. The number of alkyl halides is 3. The summed E-state index contributed by atoms with van der Waals surface area (Å²) in [5, 5.41) is 2.63. The lowest BCUT2D eigenvalue weighted by Gasteiger charge is -2.18. The van der Waals surface area contributed by atoms with Gasteiger partial charge in [-0.15, -0.1) is 0 Å². The predicted molar refractivity (Wildman–Crippen MR) is 97.8 cm³/mol. The van der Waals surface area contributed by atoms with Gasteiger partial charge in [-0.25, -0.2) is 4.79 Å². The third kappa shape index (κ3) is 5.87. The zero-order valence-electron chi connectivity index (χ0n) is 16.0. The standard InChI is InChI=1S/C20H20F3NO5/c1-12(16-10-15(27-2)7-8-17(16)28-3)24-18(25)11-29-19(26)13-5-4-6-14(9-13)20(21,22)23/h4-10,12H,11H2,1-3H3,(H,24,25)/t12-/m1/s1. The monoisotopic (exact) mass is 411 g/mol.